The molecule has 0 amide bonds. The second kappa shape index (κ2) is 8.70. The maximum Gasteiger partial charge on any atom is 0.323 e. The maximum atomic E-state index is 11.9. The van der Waals surface area contributed by atoms with Crippen LogP contribution >= 0.6 is 0 Å². The summed E-state index contributed by atoms with van der Waals surface area (Å²) in [7, 11) is 0. The molecule has 0 spiro atoms. The third-order valence-corrected chi connectivity index (χ3v) is 3.20. The van der Waals surface area contributed by atoms with Crippen LogP contribution in [0.2, 0.25) is 0 Å². The van der Waals surface area contributed by atoms with Crippen LogP contribution in [0.1, 0.15) is 11.1 Å². The number of hydrogen-bond donors (Lipinski definition) is 1. The molecule has 0 saturated heterocycles. The third-order valence-electron chi connectivity index (χ3n) is 3.20. The molecule has 120 valence electrons. The van der Waals surface area contributed by atoms with Gasteiger partial charge in [-0.05, 0) is 11.1 Å². The first kappa shape index (κ1) is 16.7. The number of carbonyl (C=O) groups excluding carboxylic acids is 1. The van der Waals surface area contributed by atoms with Gasteiger partial charge in [0, 0.05) is 0 Å². The van der Waals surface area contributed by atoms with Crippen molar-refractivity contribution in [3.63, 3.8) is 0 Å². The highest BCUT2D eigenvalue weighted by Gasteiger charge is 2.28. The zero-order valence-electron chi connectivity index (χ0n) is 12.6. The van der Waals surface area contributed by atoms with E-state index in [1.54, 1.807) is 12.1 Å². The monoisotopic (exact) mass is 314 g/mol. The molecule has 23 heavy (non-hydrogen) atoms. The van der Waals surface area contributed by atoms with E-state index < -0.39 is 17.9 Å². The highest BCUT2D eigenvalue weighted by Crippen LogP contribution is 2.08. The van der Waals surface area contributed by atoms with Crippen LogP contribution in [-0.2, 0) is 32.3 Å². The van der Waals surface area contributed by atoms with Crippen LogP contribution in [0.25, 0.3) is 0 Å². The van der Waals surface area contributed by atoms with E-state index >= 15 is 0 Å². The van der Waals surface area contributed by atoms with Crippen molar-refractivity contribution in [2.24, 2.45) is 5.92 Å². The predicted octanol–water partition coefficient (Wildman–Crippen LogP) is 2.65. The minimum absolute atomic E-state index is 0.0438. The summed E-state index contributed by atoms with van der Waals surface area (Å²) < 4.78 is 10.4. The number of carboxylic acids is 1. The lowest BCUT2D eigenvalue weighted by atomic mass is 10.1. The van der Waals surface area contributed by atoms with Gasteiger partial charge in [-0.1, -0.05) is 60.7 Å². The Morgan fingerprint density at radius 3 is 1.91 bits per heavy atom. The van der Waals surface area contributed by atoms with Crippen molar-refractivity contribution < 1.29 is 24.2 Å². The molecule has 2 aromatic carbocycles. The molecule has 0 heterocycles. The largest absolute Gasteiger partial charge is 0.481 e. The molecule has 0 fully saturated rings. The summed E-state index contributed by atoms with van der Waals surface area (Å²) in [6, 6.07) is 18.4. The molecular formula is C18H18O5. The van der Waals surface area contributed by atoms with E-state index in [0.29, 0.717) is 0 Å². The number of ether oxygens (including phenoxy) is 2. The molecule has 2 aromatic rings. The smallest absolute Gasteiger partial charge is 0.323 e. The molecular weight excluding hydrogens is 296 g/mol. The summed E-state index contributed by atoms with van der Waals surface area (Å²) in [5, 5.41) is 9.16. The van der Waals surface area contributed by atoms with Gasteiger partial charge in [-0.15, -0.1) is 0 Å². The topological polar surface area (TPSA) is 72.8 Å². The number of carbonyl (C=O) groups is 2. The van der Waals surface area contributed by atoms with Crippen molar-refractivity contribution in [3.8, 4) is 0 Å². The first-order valence-electron chi connectivity index (χ1n) is 7.22. The molecule has 1 N–H and O–H groups in total. The van der Waals surface area contributed by atoms with Crippen LogP contribution in [0.3, 0.4) is 0 Å². The molecule has 0 unspecified atom stereocenters. The summed E-state index contributed by atoms with van der Waals surface area (Å²) in [6.45, 7) is 0.0660. The highest BCUT2D eigenvalue weighted by atomic mass is 16.5. The predicted molar refractivity (Wildman–Crippen MR) is 83.5 cm³/mol. The van der Waals surface area contributed by atoms with Gasteiger partial charge < -0.3 is 14.6 Å². The van der Waals surface area contributed by atoms with Gasteiger partial charge in [0.05, 0.1) is 13.2 Å². The quantitative estimate of drug-likeness (QED) is 0.599. The zero-order chi connectivity index (χ0) is 16.5. The maximum absolute atomic E-state index is 11.9. The molecule has 1 atom stereocenters. The fourth-order valence-electron chi connectivity index (χ4n) is 1.94. The fourth-order valence-corrected chi connectivity index (χ4v) is 1.94. The number of aliphatic carboxylic acids is 1. The fraction of sp³-hybridized carbons (Fsp3) is 0.222. The zero-order valence-corrected chi connectivity index (χ0v) is 12.6. The lowest BCUT2D eigenvalue weighted by Gasteiger charge is -2.12. The second-order valence-electron chi connectivity index (χ2n) is 4.98. The number of rotatable bonds is 8. The van der Waals surface area contributed by atoms with Crippen LogP contribution in [0, 0.1) is 5.92 Å². The first-order chi connectivity index (χ1) is 11.2. The van der Waals surface area contributed by atoms with Crippen molar-refractivity contribution in [2.75, 3.05) is 6.61 Å². The Bertz CT molecular complexity index is 624. The van der Waals surface area contributed by atoms with Crippen molar-refractivity contribution in [3.05, 3.63) is 71.8 Å². The van der Waals surface area contributed by atoms with Crippen molar-refractivity contribution >= 4 is 11.9 Å². The summed E-state index contributed by atoms with van der Waals surface area (Å²) >= 11 is 0. The van der Waals surface area contributed by atoms with Gasteiger partial charge in [-0.25, -0.2) is 0 Å². The molecule has 0 aliphatic heterocycles. The van der Waals surface area contributed by atoms with Crippen molar-refractivity contribution in [1.82, 2.24) is 0 Å². The van der Waals surface area contributed by atoms with Gasteiger partial charge in [-0.2, -0.15) is 0 Å². The molecule has 0 saturated carbocycles. The van der Waals surface area contributed by atoms with Crippen LogP contribution in [0.15, 0.2) is 60.7 Å². The minimum Gasteiger partial charge on any atom is -0.481 e. The SMILES string of the molecule is O=C(O)[C@H](COCc1ccccc1)C(=O)OCc1ccccc1. The normalized spacial score (nSPS) is 11.7. The van der Waals surface area contributed by atoms with Gasteiger partial charge in [0.1, 0.15) is 6.61 Å². The van der Waals surface area contributed by atoms with Gasteiger partial charge in [-0.3, -0.25) is 9.59 Å². The molecule has 0 bridgehead atoms. The molecule has 5 nitrogen and oxygen atoms in total. The summed E-state index contributed by atoms with van der Waals surface area (Å²) in [6.07, 6.45) is 0. The van der Waals surface area contributed by atoms with Crippen LogP contribution in [0.4, 0.5) is 0 Å². The second-order valence-corrected chi connectivity index (χ2v) is 4.98. The first-order valence-corrected chi connectivity index (χ1v) is 7.22. The number of benzene rings is 2. The van der Waals surface area contributed by atoms with E-state index in [0.717, 1.165) is 11.1 Å². The lowest BCUT2D eigenvalue weighted by Crippen LogP contribution is -2.30. The lowest BCUT2D eigenvalue weighted by molar-refractivity contribution is -0.162. The number of carboxylic acid groups (broad SMARTS) is 1. The summed E-state index contributed by atoms with van der Waals surface area (Å²) in [5.74, 6) is -3.38. The standard InChI is InChI=1S/C18H18O5/c19-17(20)16(13-22-11-14-7-3-1-4-8-14)18(21)23-12-15-9-5-2-6-10-15/h1-10,16H,11-13H2,(H,19,20)/t16-/m0/s1. The molecule has 2 rings (SSSR count). The Morgan fingerprint density at radius 2 is 1.39 bits per heavy atom. The van der Waals surface area contributed by atoms with E-state index in [1.807, 2.05) is 48.5 Å². The van der Waals surface area contributed by atoms with Crippen molar-refractivity contribution in [2.45, 2.75) is 13.2 Å². The average molecular weight is 314 g/mol. The van der Waals surface area contributed by atoms with Crippen LogP contribution in [0.5, 0.6) is 0 Å². The van der Waals surface area contributed by atoms with E-state index in [9.17, 15) is 9.59 Å². The van der Waals surface area contributed by atoms with Crippen molar-refractivity contribution in [1.29, 1.82) is 0 Å². The minimum atomic E-state index is -1.33. The number of hydrogen-bond acceptors (Lipinski definition) is 4. The van der Waals surface area contributed by atoms with E-state index in [1.165, 1.54) is 0 Å². The third kappa shape index (κ3) is 5.56. The molecule has 5 heteroatoms. The Morgan fingerprint density at radius 1 is 0.870 bits per heavy atom. The Hall–Kier alpha value is -2.66. The van der Waals surface area contributed by atoms with Gasteiger partial charge in [0.15, 0.2) is 5.92 Å². The van der Waals surface area contributed by atoms with Crippen LogP contribution < -0.4 is 0 Å². The molecule has 0 aromatic heterocycles. The Balaban J connectivity index is 1.82. The van der Waals surface area contributed by atoms with Gasteiger partial charge in [0.25, 0.3) is 0 Å². The van der Waals surface area contributed by atoms with E-state index in [-0.39, 0.29) is 19.8 Å². The Labute approximate surface area is 134 Å². The average Bonchev–Trinajstić information content (AvgIpc) is 2.58. The summed E-state index contributed by atoms with van der Waals surface area (Å²) in [4.78, 5) is 23.1. The van der Waals surface area contributed by atoms with E-state index in [4.69, 9.17) is 14.6 Å². The van der Waals surface area contributed by atoms with Gasteiger partial charge >= 0.3 is 11.9 Å². The highest BCUT2D eigenvalue weighted by molar-refractivity contribution is 5.94. The molecule has 0 aliphatic carbocycles. The Kier molecular flexibility index (Phi) is 6.32. The molecule has 0 aliphatic rings. The summed E-state index contributed by atoms with van der Waals surface area (Å²) in [5.41, 5.74) is 1.71. The van der Waals surface area contributed by atoms with Gasteiger partial charge in [0.2, 0.25) is 0 Å². The van der Waals surface area contributed by atoms with E-state index in [2.05, 4.69) is 0 Å². The van der Waals surface area contributed by atoms with Crippen LogP contribution in [-0.4, -0.2) is 23.7 Å². The number of esters is 1. The molecule has 0 radical (unpaired) electrons.